The van der Waals surface area contributed by atoms with Crippen LogP contribution in [-0.2, 0) is 34.5 Å². The highest BCUT2D eigenvalue weighted by atomic mass is 35.5. The summed E-state index contributed by atoms with van der Waals surface area (Å²) in [5, 5.41) is 0.386. The highest BCUT2D eigenvalue weighted by molar-refractivity contribution is 6.33. The number of halogens is 4. The molecule has 7 heteroatoms. The Hall–Kier alpha value is -2.38. The lowest BCUT2D eigenvalue weighted by atomic mass is 9.90. The van der Waals surface area contributed by atoms with E-state index in [1.54, 1.807) is 30.3 Å². The van der Waals surface area contributed by atoms with Crippen LogP contribution in [0.25, 0.3) is 11.1 Å². The third-order valence-electron chi connectivity index (χ3n) is 5.67. The van der Waals surface area contributed by atoms with Gasteiger partial charge in [0, 0.05) is 10.6 Å². The van der Waals surface area contributed by atoms with Gasteiger partial charge in [0.2, 0.25) is 0 Å². The molecule has 4 rings (SSSR count). The lowest BCUT2D eigenvalue weighted by molar-refractivity contribution is -0.137. The van der Waals surface area contributed by atoms with Gasteiger partial charge >= 0.3 is 6.18 Å². The van der Waals surface area contributed by atoms with Crippen LogP contribution in [0.15, 0.2) is 66.7 Å². The largest absolute Gasteiger partial charge is 0.416 e. The molecule has 1 heterocycles. The van der Waals surface area contributed by atoms with Crippen LogP contribution in [0.2, 0.25) is 5.02 Å². The van der Waals surface area contributed by atoms with E-state index < -0.39 is 17.3 Å². The molecule has 32 heavy (non-hydrogen) atoms. The molecule has 0 radical (unpaired) electrons. The number of ether oxygens (including phenoxy) is 2. The molecule has 3 aromatic carbocycles. The fourth-order valence-corrected chi connectivity index (χ4v) is 4.38. The molecule has 0 bridgehead atoms. The van der Waals surface area contributed by atoms with Crippen molar-refractivity contribution in [3.8, 4) is 11.1 Å². The van der Waals surface area contributed by atoms with Crippen molar-refractivity contribution in [1.29, 1.82) is 0 Å². The summed E-state index contributed by atoms with van der Waals surface area (Å²) in [7, 11) is 0. The first kappa shape index (κ1) is 22.8. The van der Waals surface area contributed by atoms with Gasteiger partial charge in [-0.2, -0.15) is 13.2 Å². The van der Waals surface area contributed by atoms with Crippen molar-refractivity contribution >= 4 is 11.6 Å². The maximum atomic E-state index is 13.6. The maximum absolute atomic E-state index is 13.6. The van der Waals surface area contributed by atoms with E-state index >= 15 is 0 Å². The van der Waals surface area contributed by atoms with Gasteiger partial charge in [-0.05, 0) is 59.5 Å². The normalized spacial score (nSPS) is 18.0. The van der Waals surface area contributed by atoms with Crippen molar-refractivity contribution in [3.63, 3.8) is 0 Å². The van der Waals surface area contributed by atoms with Crippen LogP contribution in [0.5, 0.6) is 0 Å². The van der Waals surface area contributed by atoms with E-state index in [2.05, 4.69) is 0 Å². The molecular formula is C25H23ClF3NO2. The molecule has 0 saturated heterocycles. The fourth-order valence-electron chi connectivity index (χ4n) is 4.14. The molecule has 0 spiro atoms. The molecule has 3 nitrogen and oxygen atoms in total. The standard InChI is InChI=1S/C25H23ClF3NO2/c26-23-8-4-2-6-21(23)19-11-17(12-20(13-19)25(27,28)29)14-31-16-24(9-10-30)22-7-3-1-5-18(22)15-32-24/h1-8,11-13H,9-10,14-16,30H2. The summed E-state index contributed by atoms with van der Waals surface area (Å²) in [5.41, 5.74) is 7.82. The molecular weight excluding hydrogens is 439 g/mol. The second kappa shape index (κ2) is 9.24. The number of rotatable bonds is 7. The van der Waals surface area contributed by atoms with E-state index in [1.165, 1.54) is 0 Å². The highest BCUT2D eigenvalue weighted by Crippen LogP contribution is 2.40. The summed E-state index contributed by atoms with van der Waals surface area (Å²) in [6.07, 6.45) is -3.93. The van der Waals surface area contributed by atoms with E-state index in [4.69, 9.17) is 26.8 Å². The number of benzene rings is 3. The first-order chi connectivity index (χ1) is 15.3. The quantitative estimate of drug-likeness (QED) is 0.448. The molecule has 1 unspecified atom stereocenters. The molecule has 0 aliphatic carbocycles. The molecule has 1 aliphatic heterocycles. The number of hydrogen-bond donors (Lipinski definition) is 1. The topological polar surface area (TPSA) is 44.5 Å². The van der Waals surface area contributed by atoms with Gasteiger partial charge in [0.05, 0.1) is 25.4 Å². The minimum atomic E-state index is -4.49. The minimum Gasteiger partial charge on any atom is -0.373 e. The highest BCUT2D eigenvalue weighted by Gasteiger charge is 2.39. The minimum absolute atomic E-state index is 0.000773. The van der Waals surface area contributed by atoms with Crippen LogP contribution in [0.1, 0.15) is 28.7 Å². The van der Waals surface area contributed by atoms with Gasteiger partial charge in [-0.25, -0.2) is 0 Å². The zero-order valence-corrected chi connectivity index (χ0v) is 18.0. The molecule has 1 aliphatic rings. The SMILES string of the molecule is NCCC1(COCc2cc(-c3ccccc3Cl)cc(C(F)(F)F)c2)OCc2ccccc21. The summed E-state index contributed by atoms with van der Waals surface area (Å²) >= 11 is 6.23. The van der Waals surface area contributed by atoms with E-state index in [1.807, 2.05) is 24.3 Å². The predicted molar refractivity (Wildman–Crippen MR) is 118 cm³/mol. The van der Waals surface area contributed by atoms with E-state index in [9.17, 15) is 13.2 Å². The molecule has 3 aromatic rings. The smallest absolute Gasteiger partial charge is 0.373 e. The fraction of sp³-hybridized carbons (Fsp3) is 0.280. The van der Waals surface area contributed by atoms with Crippen LogP contribution in [0, 0.1) is 0 Å². The van der Waals surface area contributed by atoms with Gasteiger partial charge < -0.3 is 15.2 Å². The maximum Gasteiger partial charge on any atom is 0.416 e. The van der Waals surface area contributed by atoms with Crippen molar-refractivity contribution in [2.45, 2.75) is 31.4 Å². The second-order valence-corrected chi connectivity index (χ2v) is 8.28. The van der Waals surface area contributed by atoms with Crippen molar-refractivity contribution in [3.05, 3.63) is 94.0 Å². The Morgan fingerprint density at radius 1 is 1.03 bits per heavy atom. The lowest BCUT2D eigenvalue weighted by Crippen LogP contribution is -2.34. The molecule has 168 valence electrons. The Bertz CT molecular complexity index is 1100. The monoisotopic (exact) mass is 461 g/mol. The Morgan fingerprint density at radius 3 is 2.53 bits per heavy atom. The van der Waals surface area contributed by atoms with Gasteiger partial charge in [0.1, 0.15) is 5.60 Å². The number of fused-ring (bicyclic) bond motifs is 1. The zero-order chi connectivity index (χ0) is 22.8. The van der Waals surface area contributed by atoms with Crippen molar-refractivity contribution in [2.75, 3.05) is 13.2 Å². The van der Waals surface area contributed by atoms with Crippen molar-refractivity contribution in [1.82, 2.24) is 0 Å². The van der Waals surface area contributed by atoms with Crippen LogP contribution >= 0.6 is 11.6 Å². The summed E-state index contributed by atoms with van der Waals surface area (Å²) in [6, 6.07) is 18.6. The van der Waals surface area contributed by atoms with Gasteiger partial charge in [0.15, 0.2) is 0 Å². The van der Waals surface area contributed by atoms with Crippen LogP contribution < -0.4 is 5.73 Å². The average Bonchev–Trinajstić information content (AvgIpc) is 3.12. The van der Waals surface area contributed by atoms with Gasteiger partial charge in [-0.15, -0.1) is 0 Å². The van der Waals surface area contributed by atoms with Gasteiger partial charge in [0.25, 0.3) is 0 Å². The Morgan fingerprint density at radius 2 is 1.78 bits per heavy atom. The van der Waals surface area contributed by atoms with Crippen LogP contribution in [0.3, 0.4) is 0 Å². The van der Waals surface area contributed by atoms with Crippen LogP contribution in [0.4, 0.5) is 13.2 Å². The summed E-state index contributed by atoms with van der Waals surface area (Å²) in [5.74, 6) is 0. The Kier molecular flexibility index (Phi) is 6.58. The Labute approximate surface area is 189 Å². The number of alkyl halides is 3. The molecule has 0 fully saturated rings. The number of nitrogens with two attached hydrogens (primary N) is 1. The molecule has 2 N–H and O–H groups in total. The molecule has 0 amide bonds. The summed E-state index contributed by atoms with van der Waals surface area (Å²) in [6.45, 7) is 1.05. The number of hydrogen-bond acceptors (Lipinski definition) is 3. The zero-order valence-electron chi connectivity index (χ0n) is 17.3. The summed E-state index contributed by atoms with van der Waals surface area (Å²) in [4.78, 5) is 0. The first-order valence-electron chi connectivity index (χ1n) is 10.3. The van der Waals surface area contributed by atoms with Gasteiger partial charge in [-0.3, -0.25) is 0 Å². The summed E-state index contributed by atoms with van der Waals surface area (Å²) < 4.78 is 52.7. The van der Waals surface area contributed by atoms with E-state index in [0.29, 0.717) is 41.3 Å². The van der Waals surface area contributed by atoms with Crippen LogP contribution in [-0.4, -0.2) is 13.2 Å². The van der Waals surface area contributed by atoms with E-state index in [0.717, 1.165) is 23.3 Å². The van der Waals surface area contributed by atoms with Gasteiger partial charge in [-0.1, -0.05) is 54.1 Å². The lowest BCUT2D eigenvalue weighted by Gasteiger charge is -2.29. The molecule has 0 aromatic heterocycles. The average molecular weight is 462 g/mol. The Balaban J connectivity index is 1.59. The first-order valence-corrected chi connectivity index (χ1v) is 10.7. The predicted octanol–water partition coefficient (Wildman–Crippen LogP) is 6.32. The van der Waals surface area contributed by atoms with Crippen molar-refractivity contribution < 1.29 is 22.6 Å². The second-order valence-electron chi connectivity index (χ2n) is 7.87. The molecule has 0 saturated carbocycles. The van der Waals surface area contributed by atoms with Crippen molar-refractivity contribution in [2.24, 2.45) is 5.73 Å². The third kappa shape index (κ3) is 4.69. The molecule has 1 atom stereocenters. The third-order valence-corrected chi connectivity index (χ3v) is 6.00. The van der Waals surface area contributed by atoms with E-state index in [-0.39, 0.29) is 13.2 Å².